The van der Waals surface area contributed by atoms with E-state index in [1.165, 1.54) is 0 Å². The van der Waals surface area contributed by atoms with Crippen molar-refractivity contribution in [3.05, 3.63) is 34.9 Å². The molecule has 1 fully saturated rings. The maximum absolute atomic E-state index is 13.6. The first kappa shape index (κ1) is 17.2. The molecule has 1 saturated carbocycles. The largest absolute Gasteiger partial charge is 0.439 e. The highest BCUT2D eigenvalue weighted by atomic mass is 35.5. The molecule has 1 aliphatic heterocycles. The van der Waals surface area contributed by atoms with Crippen LogP contribution in [0.1, 0.15) is 31.2 Å². The maximum Gasteiger partial charge on any atom is 0.439 e. The van der Waals surface area contributed by atoms with Gasteiger partial charge in [0.25, 0.3) is 5.72 Å². The van der Waals surface area contributed by atoms with Gasteiger partial charge in [0.2, 0.25) is 5.91 Å². The summed E-state index contributed by atoms with van der Waals surface area (Å²) in [6, 6.07) is 6.22. The summed E-state index contributed by atoms with van der Waals surface area (Å²) in [4.78, 5) is 12.4. The molecule has 8 heteroatoms. The van der Waals surface area contributed by atoms with Gasteiger partial charge in [0, 0.05) is 10.7 Å². The average Bonchev–Trinajstić information content (AvgIpc) is 2.84. The lowest BCUT2D eigenvalue weighted by Crippen LogP contribution is -2.61. The van der Waals surface area contributed by atoms with Crippen molar-refractivity contribution < 1.29 is 23.1 Å². The third kappa shape index (κ3) is 2.80. The van der Waals surface area contributed by atoms with Crippen molar-refractivity contribution in [1.82, 2.24) is 5.01 Å². The summed E-state index contributed by atoms with van der Waals surface area (Å²) in [6.45, 7) is 0. The molecule has 0 radical (unpaired) electrons. The summed E-state index contributed by atoms with van der Waals surface area (Å²) in [5, 5.41) is 15.0. The van der Waals surface area contributed by atoms with Crippen LogP contribution in [0.15, 0.2) is 29.4 Å². The van der Waals surface area contributed by atoms with Gasteiger partial charge in [0.15, 0.2) is 0 Å². The predicted molar refractivity (Wildman–Crippen MR) is 82.4 cm³/mol. The van der Waals surface area contributed by atoms with Crippen LogP contribution in [-0.2, 0) is 11.2 Å². The van der Waals surface area contributed by atoms with Gasteiger partial charge in [-0.2, -0.15) is 23.3 Å². The standard InChI is InChI=1S/C16H16ClF3N2O2/c17-11-7-5-10(6-8-11)9-14(23)22-15(24,16(18,19)20)12-3-1-2-4-13(12)21-22/h5-8,12,24H,1-4,9H2/t12-,15-/m1/s1. The number of carbonyl (C=O) groups excluding carboxylic acids is 1. The lowest BCUT2D eigenvalue weighted by Gasteiger charge is -2.38. The first-order chi connectivity index (χ1) is 11.2. The lowest BCUT2D eigenvalue weighted by atomic mass is 9.80. The molecule has 0 spiro atoms. The van der Waals surface area contributed by atoms with Gasteiger partial charge >= 0.3 is 6.18 Å². The number of aliphatic hydroxyl groups is 1. The Morgan fingerprint density at radius 2 is 2.00 bits per heavy atom. The Kier molecular flexibility index (Phi) is 4.34. The molecule has 1 heterocycles. The summed E-state index contributed by atoms with van der Waals surface area (Å²) in [5.74, 6) is -2.07. The van der Waals surface area contributed by atoms with Crippen LogP contribution in [0.2, 0.25) is 5.02 Å². The van der Waals surface area contributed by atoms with Gasteiger partial charge in [-0.3, -0.25) is 4.79 Å². The number of amides is 1. The summed E-state index contributed by atoms with van der Waals surface area (Å²) in [6.07, 6.45) is -3.45. The van der Waals surface area contributed by atoms with Crippen molar-refractivity contribution in [1.29, 1.82) is 0 Å². The van der Waals surface area contributed by atoms with Crippen LogP contribution < -0.4 is 0 Å². The smallest absolute Gasteiger partial charge is 0.362 e. The average molecular weight is 361 g/mol. The molecule has 1 amide bonds. The number of halogens is 4. The second-order valence-corrected chi connectivity index (χ2v) is 6.56. The number of alkyl halides is 3. The van der Waals surface area contributed by atoms with Crippen LogP contribution in [0, 0.1) is 5.92 Å². The van der Waals surface area contributed by atoms with Crippen molar-refractivity contribution in [3.63, 3.8) is 0 Å². The highest BCUT2D eigenvalue weighted by Gasteiger charge is 2.68. The van der Waals surface area contributed by atoms with E-state index in [4.69, 9.17) is 11.6 Å². The summed E-state index contributed by atoms with van der Waals surface area (Å²) >= 11 is 5.76. The first-order valence-corrected chi connectivity index (χ1v) is 8.05. The molecule has 1 aliphatic carbocycles. The van der Waals surface area contributed by atoms with Gasteiger partial charge in [-0.15, -0.1) is 0 Å². The predicted octanol–water partition coefficient (Wildman–Crippen LogP) is 3.52. The van der Waals surface area contributed by atoms with Crippen molar-refractivity contribution in [2.45, 2.75) is 44.0 Å². The Labute approximate surface area is 141 Å². The Morgan fingerprint density at radius 1 is 1.33 bits per heavy atom. The third-order valence-electron chi connectivity index (χ3n) is 4.54. The highest BCUT2D eigenvalue weighted by molar-refractivity contribution is 6.30. The van der Waals surface area contributed by atoms with E-state index >= 15 is 0 Å². The number of hydrazone groups is 1. The van der Waals surface area contributed by atoms with E-state index in [-0.39, 0.29) is 23.6 Å². The number of rotatable bonds is 2. The molecule has 1 N–H and O–H groups in total. The van der Waals surface area contributed by atoms with E-state index in [0.717, 1.165) is 0 Å². The minimum absolute atomic E-state index is 0.166. The van der Waals surface area contributed by atoms with E-state index in [0.29, 0.717) is 29.8 Å². The minimum atomic E-state index is -4.98. The van der Waals surface area contributed by atoms with Crippen LogP contribution in [-0.4, -0.2) is 33.6 Å². The minimum Gasteiger partial charge on any atom is -0.362 e. The number of fused-ring (bicyclic) bond motifs is 1. The molecule has 3 rings (SSSR count). The molecule has 0 bridgehead atoms. The van der Waals surface area contributed by atoms with Gasteiger partial charge in [-0.05, 0) is 37.0 Å². The third-order valence-corrected chi connectivity index (χ3v) is 4.79. The molecule has 1 aromatic carbocycles. The number of hydrogen-bond donors (Lipinski definition) is 1. The van der Waals surface area contributed by atoms with Crippen LogP contribution in [0.3, 0.4) is 0 Å². The topological polar surface area (TPSA) is 52.9 Å². The van der Waals surface area contributed by atoms with Crippen LogP contribution >= 0.6 is 11.6 Å². The maximum atomic E-state index is 13.6. The van der Waals surface area contributed by atoms with Crippen molar-refractivity contribution >= 4 is 23.2 Å². The molecule has 2 aliphatic rings. The van der Waals surface area contributed by atoms with Gasteiger partial charge in [0.1, 0.15) is 0 Å². The van der Waals surface area contributed by atoms with Gasteiger partial charge in [-0.1, -0.05) is 30.2 Å². The van der Waals surface area contributed by atoms with E-state index in [9.17, 15) is 23.1 Å². The molecule has 0 unspecified atom stereocenters. The monoisotopic (exact) mass is 360 g/mol. The Bertz CT molecular complexity index is 675. The Hall–Kier alpha value is -1.60. The zero-order chi connectivity index (χ0) is 17.5. The SMILES string of the molecule is O=C(Cc1ccc(Cl)cc1)N1N=C2CCCC[C@H]2[C@@]1(O)C(F)(F)F. The molecule has 1 aromatic rings. The van der Waals surface area contributed by atoms with Crippen LogP contribution in [0.5, 0.6) is 0 Å². The zero-order valence-corrected chi connectivity index (χ0v) is 13.4. The molecule has 130 valence electrons. The zero-order valence-electron chi connectivity index (χ0n) is 12.7. The number of carbonyl (C=O) groups is 1. The number of hydrogen-bond acceptors (Lipinski definition) is 3. The molecule has 4 nitrogen and oxygen atoms in total. The van der Waals surface area contributed by atoms with Gasteiger partial charge in [-0.25, -0.2) is 0 Å². The fraction of sp³-hybridized carbons (Fsp3) is 0.500. The van der Waals surface area contributed by atoms with E-state index in [1.54, 1.807) is 24.3 Å². The quantitative estimate of drug-likeness (QED) is 0.877. The van der Waals surface area contributed by atoms with Gasteiger partial charge in [0.05, 0.1) is 12.3 Å². The highest BCUT2D eigenvalue weighted by Crippen LogP contribution is 2.48. The number of benzene rings is 1. The van der Waals surface area contributed by atoms with Crippen LogP contribution in [0.25, 0.3) is 0 Å². The summed E-state index contributed by atoms with van der Waals surface area (Å²) in [7, 11) is 0. The Morgan fingerprint density at radius 3 is 2.62 bits per heavy atom. The molecular formula is C16H16ClF3N2O2. The Balaban J connectivity index is 1.90. The van der Waals surface area contributed by atoms with E-state index in [2.05, 4.69) is 5.10 Å². The van der Waals surface area contributed by atoms with Crippen molar-refractivity contribution in [2.75, 3.05) is 0 Å². The van der Waals surface area contributed by atoms with E-state index in [1.807, 2.05) is 0 Å². The summed E-state index contributed by atoms with van der Waals surface area (Å²) in [5.41, 5.74) is -2.50. The summed E-state index contributed by atoms with van der Waals surface area (Å²) < 4.78 is 40.7. The second-order valence-electron chi connectivity index (χ2n) is 6.12. The van der Waals surface area contributed by atoms with Crippen molar-refractivity contribution in [2.24, 2.45) is 11.0 Å². The molecule has 2 atom stereocenters. The second kappa shape index (κ2) is 6.04. The molecule has 0 aromatic heterocycles. The normalized spacial score (nSPS) is 27.0. The fourth-order valence-corrected chi connectivity index (χ4v) is 3.44. The number of nitrogens with zero attached hydrogens (tertiary/aromatic N) is 2. The van der Waals surface area contributed by atoms with Gasteiger partial charge < -0.3 is 5.11 Å². The van der Waals surface area contributed by atoms with Crippen LogP contribution in [0.4, 0.5) is 13.2 Å². The molecule has 0 saturated heterocycles. The molecular weight excluding hydrogens is 345 g/mol. The van der Waals surface area contributed by atoms with Crippen molar-refractivity contribution in [3.8, 4) is 0 Å². The molecule has 24 heavy (non-hydrogen) atoms. The lowest BCUT2D eigenvalue weighted by molar-refractivity contribution is -0.317. The van der Waals surface area contributed by atoms with E-state index < -0.39 is 23.7 Å². The first-order valence-electron chi connectivity index (χ1n) is 7.67. The fourth-order valence-electron chi connectivity index (χ4n) is 3.32.